The van der Waals surface area contributed by atoms with E-state index in [9.17, 15) is 4.79 Å². The molecule has 1 amide bonds. The first kappa shape index (κ1) is 16.6. The van der Waals surface area contributed by atoms with Crippen molar-refractivity contribution in [3.63, 3.8) is 0 Å². The van der Waals surface area contributed by atoms with E-state index < -0.39 is 0 Å². The Kier molecular flexibility index (Phi) is 5.36. The third-order valence-electron chi connectivity index (χ3n) is 3.68. The molecule has 0 saturated carbocycles. The van der Waals surface area contributed by atoms with E-state index in [1.807, 2.05) is 55.5 Å². The van der Waals surface area contributed by atoms with Gasteiger partial charge in [-0.15, -0.1) is 0 Å². The molecule has 2 N–H and O–H groups in total. The molecule has 0 unspecified atom stereocenters. The number of hydrogen-bond acceptors (Lipinski definition) is 4. The summed E-state index contributed by atoms with van der Waals surface area (Å²) >= 11 is 0. The van der Waals surface area contributed by atoms with Crippen molar-refractivity contribution < 1.29 is 4.79 Å². The molecule has 5 nitrogen and oxygen atoms in total. The van der Waals surface area contributed by atoms with Crippen LogP contribution in [0.15, 0.2) is 67.0 Å². The summed E-state index contributed by atoms with van der Waals surface area (Å²) in [5.74, 6) is 0.466. The number of carbonyl (C=O) groups is 1. The van der Waals surface area contributed by atoms with Crippen LogP contribution in [0.25, 0.3) is 0 Å². The minimum atomic E-state index is -0.0766. The molecule has 0 atom stereocenters. The van der Waals surface area contributed by atoms with E-state index in [1.165, 1.54) is 0 Å². The van der Waals surface area contributed by atoms with Crippen molar-refractivity contribution in [3.8, 4) is 0 Å². The van der Waals surface area contributed by atoms with Crippen molar-refractivity contribution in [1.29, 1.82) is 0 Å². The minimum Gasteiger partial charge on any atom is -0.378 e. The van der Waals surface area contributed by atoms with Gasteiger partial charge < -0.3 is 10.6 Å². The summed E-state index contributed by atoms with van der Waals surface area (Å²) in [7, 11) is 0. The largest absolute Gasteiger partial charge is 0.378 e. The molecule has 0 spiro atoms. The molecule has 1 aromatic carbocycles. The van der Waals surface area contributed by atoms with Crippen LogP contribution in [0.3, 0.4) is 0 Å². The molecule has 0 bridgehead atoms. The van der Waals surface area contributed by atoms with E-state index in [1.54, 1.807) is 18.5 Å². The number of benzene rings is 1. The first-order valence-corrected chi connectivity index (χ1v) is 8.14. The number of hydrogen-bond donors (Lipinski definition) is 2. The van der Waals surface area contributed by atoms with Crippen LogP contribution in [-0.4, -0.2) is 15.9 Å². The van der Waals surface area contributed by atoms with Crippen molar-refractivity contribution >= 4 is 17.4 Å². The number of nitrogens with zero attached hydrogens (tertiary/aromatic N) is 2. The SMILES string of the molecule is Cc1cccc(CC(=O)Nc2ccc(NCc3ccccn3)cn2)c1. The van der Waals surface area contributed by atoms with Gasteiger partial charge >= 0.3 is 0 Å². The van der Waals surface area contributed by atoms with Gasteiger partial charge in [-0.1, -0.05) is 35.9 Å². The Labute approximate surface area is 147 Å². The van der Waals surface area contributed by atoms with Gasteiger partial charge in [-0.3, -0.25) is 9.78 Å². The predicted molar refractivity (Wildman–Crippen MR) is 99.3 cm³/mol. The van der Waals surface area contributed by atoms with Gasteiger partial charge in [0, 0.05) is 6.20 Å². The molecular formula is C20H20N4O. The van der Waals surface area contributed by atoms with Crippen LogP contribution in [0.4, 0.5) is 11.5 Å². The smallest absolute Gasteiger partial charge is 0.229 e. The molecule has 2 heterocycles. The fourth-order valence-corrected chi connectivity index (χ4v) is 2.46. The summed E-state index contributed by atoms with van der Waals surface area (Å²) in [4.78, 5) is 20.6. The Balaban J connectivity index is 1.52. The molecule has 2 aromatic heterocycles. The lowest BCUT2D eigenvalue weighted by molar-refractivity contribution is -0.115. The Hall–Kier alpha value is -3.21. The van der Waals surface area contributed by atoms with Crippen LogP contribution in [0.1, 0.15) is 16.8 Å². The molecular weight excluding hydrogens is 312 g/mol. The molecule has 3 aromatic rings. The zero-order valence-corrected chi connectivity index (χ0v) is 14.1. The van der Waals surface area contributed by atoms with E-state index >= 15 is 0 Å². The second-order valence-corrected chi connectivity index (χ2v) is 5.82. The van der Waals surface area contributed by atoms with Gasteiger partial charge in [0.1, 0.15) is 5.82 Å². The summed E-state index contributed by atoms with van der Waals surface area (Å²) in [5.41, 5.74) is 3.97. The lowest BCUT2D eigenvalue weighted by Crippen LogP contribution is -2.15. The molecule has 25 heavy (non-hydrogen) atoms. The Bertz CT molecular complexity index is 832. The van der Waals surface area contributed by atoms with Gasteiger partial charge in [0.05, 0.1) is 30.5 Å². The predicted octanol–water partition coefficient (Wildman–Crippen LogP) is 3.58. The number of nitrogens with one attached hydrogen (secondary N) is 2. The summed E-state index contributed by atoms with van der Waals surface area (Å²) < 4.78 is 0. The van der Waals surface area contributed by atoms with Crippen LogP contribution < -0.4 is 10.6 Å². The zero-order chi connectivity index (χ0) is 17.5. The molecule has 3 rings (SSSR count). The third kappa shape index (κ3) is 5.14. The number of rotatable bonds is 6. The molecule has 0 fully saturated rings. The van der Waals surface area contributed by atoms with Gasteiger partial charge in [-0.05, 0) is 36.8 Å². The van der Waals surface area contributed by atoms with Crippen molar-refractivity contribution in [3.05, 3.63) is 83.8 Å². The number of aryl methyl sites for hydroxylation is 1. The lowest BCUT2D eigenvalue weighted by Gasteiger charge is -2.08. The highest BCUT2D eigenvalue weighted by molar-refractivity contribution is 5.91. The van der Waals surface area contributed by atoms with Crippen molar-refractivity contribution in [2.45, 2.75) is 19.9 Å². The molecule has 0 radical (unpaired) electrons. The van der Waals surface area contributed by atoms with Crippen molar-refractivity contribution in [2.75, 3.05) is 10.6 Å². The molecule has 0 aliphatic rings. The van der Waals surface area contributed by atoms with E-state index in [2.05, 4.69) is 20.6 Å². The van der Waals surface area contributed by atoms with E-state index in [0.29, 0.717) is 18.8 Å². The fourth-order valence-electron chi connectivity index (χ4n) is 2.46. The number of carbonyl (C=O) groups excluding carboxylic acids is 1. The lowest BCUT2D eigenvalue weighted by atomic mass is 10.1. The topological polar surface area (TPSA) is 66.9 Å². The zero-order valence-electron chi connectivity index (χ0n) is 14.1. The standard InChI is InChI=1S/C20H20N4O/c1-15-5-4-6-16(11-15)12-20(25)24-19-9-8-18(14-23-19)22-13-17-7-2-3-10-21-17/h2-11,14,22H,12-13H2,1H3,(H,23,24,25). The molecule has 0 saturated heterocycles. The van der Waals surface area contributed by atoms with Crippen LogP contribution in [0.2, 0.25) is 0 Å². The van der Waals surface area contributed by atoms with E-state index in [-0.39, 0.29) is 5.91 Å². The fraction of sp³-hybridized carbons (Fsp3) is 0.150. The minimum absolute atomic E-state index is 0.0766. The average molecular weight is 332 g/mol. The van der Waals surface area contributed by atoms with Gasteiger partial charge in [-0.25, -0.2) is 4.98 Å². The highest BCUT2D eigenvalue weighted by atomic mass is 16.1. The van der Waals surface area contributed by atoms with Gasteiger partial charge in [0.25, 0.3) is 0 Å². The second kappa shape index (κ2) is 8.06. The van der Waals surface area contributed by atoms with E-state index in [0.717, 1.165) is 22.5 Å². The monoisotopic (exact) mass is 332 g/mol. The van der Waals surface area contributed by atoms with Crippen LogP contribution in [0, 0.1) is 6.92 Å². The normalized spacial score (nSPS) is 10.3. The van der Waals surface area contributed by atoms with Crippen molar-refractivity contribution in [2.24, 2.45) is 0 Å². The maximum Gasteiger partial charge on any atom is 0.229 e. The quantitative estimate of drug-likeness (QED) is 0.724. The van der Waals surface area contributed by atoms with E-state index in [4.69, 9.17) is 0 Å². The van der Waals surface area contributed by atoms with Gasteiger partial charge in [-0.2, -0.15) is 0 Å². The Morgan fingerprint density at radius 2 is 1.96 bits per heavy atom. The maximum atomic E-state index is 12.1. The highest BCUT2D eigenvalue weighted by Crippen LogP contribution is 2.12. The number of anilines is 2. The van der Waals surface area contributed by atoms with Crippen LogP contribution >= 0.6 is 0 Å². The first-order chi connectivity index (χ1) is 12.2. The summed E-state index contributed by atoms with van der Waals surface area (Å²) in [5, 5.41) is 6.07. The molecule has 5 heteroatoms. The van der Waals surface area contributed by atoms with Crippen LogP contribution in [-0.2, 0) is 17.8 Å². The highest BCUT2D eigenvalue weighted by Gasteiger charge is 2.05. The van der Waals surface area contributed by atoms with Crippen molar-refractivity contribution in [1.82, 2.24) is 9.97 Å². The second-order valence-electron chi connectivity index (χ2n) is 5.82. The first-order valence-electron chi connectivity index (χ1n) is 8.14. The van der Waals surface area contributed by atoms with Crippen LogP contribution in [0.5, 0.6) is 0 Å². The van der Waals surface area contributed by atoms with Gasteiger partial charge in [0.15, 0.2) is 0 Å². The van der Waals surface area contributed by atoms with Gasteiger partial charge in [0.2, 0.25) is 5.91 Å². The summed E-state index contributed by atoms with van der Waals surface area (Å²) in [6, 6.07) is 17.4. The average Bonchev–Trinajstić information content (AvgIpc) is 2.62. The summed E-state index contributed by atoms with van der Waals surface area (Å²) in [6.07, 6.45) is 3.80. The number of pyridine rings is 2. The number of aromatic nitrogens is 2. The Morgan fingerprint density at radius 3 is 2.68 bits per heavy atom. The Morgan fingerprint density at radius 1 is 1.04 bits per heavy atom. The molecule has 126 valence electrons. The summed E-state index contributed by atoms with van der Waals surface area (Å²) in [6.45, 7) is 2.64. The third-order valence-corrected chi connectivity index (χ3v) is 3.68. The number of amides is 1. The molecule has 0 aliphatic heterocycles. The molecule has 0 aliphatic carbocycles. The maximum absolute atomic E-state index is 12.1.